The summed E-state index contributed by atoms with van der Waals surface area (Å²) in [7, 11) is 3.10. The summed E-state index contributed by atoms with van der Waals surface area (Å²) in [6, 6.07) is 3.48. The Labute approximate surface area is 127 Å². The van der Waals surface area contributed by atoms with Crippen LogP contribution in [0.5, 0.6) is 0 Å². The highest BCUT2D eigenvalue weighted by atomic mass is 16.5. The van der Waals surface area contributed by atoms with Gasteiger partial charge in [-0.25, -0.2) is 4.79 Å². The van der Waals surface area contributed by atoms with E-state index in [1.807, 2.05) is 0 Å². The lowest BCUT2D eigenvalue weighted by atomic mass is 10.0. The molecule has 0 fully saturated rings. The van der Waals surface area contributed by atoms with E-state index < -0.39 is 5.97 Å². The predicted molar refractivity (Wildman–Crippen MR) is 77.2 cm³/mol. The molecule has 2 aromatic rings. The third kappa shape index (κ3) is 2.34. The van der Waals surface area contributed by atoms with Gasteiger partial charge in [0.25, 0.3) is 5.91 Å². The highest BCUT2D eigenvalue weighted by molar-refractivity contribution is 5.94. The van der Waals surface area contributed by atoms with Crippen molar-refractivity contribution in [1.29, 1.82) is 0 Å². The van der Waals surface area contributed by atoms with Gasteiger partial charge in [0.05, 0.1) is 24.9 Å². The molecule has 22 heavy (non-hydrogen) atoms. The van der Waals surface area contributed by atoms with Crippen molar-refractivity contribution in [3.8, 4) is 0 Å². The number of rotatable bonds is 2. The molecule has 0 radical (unpaired) electrons. The van der Waals surface area contributed by atoms with Crippen molar-refractivity contribution in [1.82, 2.24) is 19.7 Å². The van der Waals surface area contributed by atoms with Gasteiger partial charge >= 0.3 is 5.97 Å². The van der Waals surface area contributed by atoms with Gasteiger partial charge in [-0.2, -0.15) is 5.10 Å². The van der Waals surface area contributed by atoms with Gasteiger partial charge in [-0.1, -0.05) is 0 Å². The van der Waals surface area contributed by atoms with Crippen molar-refractivity contribution in [3.05, 3.63) is 47.0 Å². The van der Waals surface area contributed by atoms with Crippen LogP contribution in [0.4, 0.5) is 0 Å². The molecule has 3 heterocycles. The molecule has 3 rings (SSSR count). The number of esters is 1. The molecule has 7 heteroatoms. The molecule has 0 saturated carbocycles. The Morgan fingerprint density at radius 1 is 1.36 bits per heavy atom. The Morgan fingerprint density at radius 3 is 2.86 bits per heavy atom. The zero-order valence-corrected chi connectivity index (χ0v) is 12.4. The van der Waals surface area contributed by atoms with Gasteiger partial charge in [0.15, 0.2) is 5.69 Å². The maximum Gasteiger partial charge on any atom is 0.358 e. The summed E-state index contributed by atoms with van der Waals surface area (Å²) in [6.07, 6.45) is 3.77. The molecule has 1 aliphatic rings. The van der Waals surface area contributed by atoms with Crippen LogP contribution in [0.15, 0.2) is 24.5 Å². The van der Waals surface area contributed by atoms with Crippen LogP contribution >= 0.6 is 0 Å². The Balaban J connectivity index is 1.87. The molecule has 7 nitrogen and oxygen atoms in total. The second-order valence-corrected chi connectivity index (χ2v) is 5.11. The Bertz CT molecular complexity index is 724. The summed E-state index contributed by atoms with van der Waals surface area (Å²) in [5.74, 6) is -0.511. The van der Waals surface area contributed by atoms with Crippen molar-refractivity contribution in [3.63, 3.8) is 0 Å². The van der Waals surface area contributed by atoms with Gasteiger partial charge in [-0.05, 0) is 18.6 Å². The first-order chi connectivity index (χ1) is 10.6. The number of carbonyl (C=O) groups is 2. The Hall–Kier alpha value is -2.70. The van der Waals surface area contributed by atoms with Crippen LogP contribution in [0.1, 0.15) is 32.1 Å². The normalized spacial score (nSPS) is 13.6. The molecule has 2 aromatic heterocycles. The summed E-state index contributed by atoms with van der Waals surface area (Å²) in [5, 5.41) is 4.22. The zero-order chi connectivity index (χ0) is 15.7. The van der Waals surface area contributed by atoms with Crippen molar-refractivity contribution >= 4 is 11.9 Å². The summed E-state index contributed by atoms with van der Waals surface area (Å²) in [4.78, 5) is 29.9. The molecule has 0 unspecified atom stereocenters. The van der Waals surface area contributed by atoms with Crippen molar-refractivity contribution in [2.24, 2.45) is 7.05 Å². The second-order valence-electron chi connectivity index (χ2n) is 5.11. The second kappa shape index (κ2) is 5.59. The lowest BCUT2D eigenvalue weighted by molar-refractivity contribution is 0.0591. The van der Waals surface area contributed by atoms with E-state index in [9.17, 15) is 9.59 Å². The van der Waals surface area contributed by atoms with Crippen LogP contribution < -0.4 is 0 Å². The molecular formula is C15H16N4O3. The molecule has 0 aromatic carbocycles. The number of fused-ring (bicyclic) bond motifs is 1. The topological polar surface area (TPSA) is 77.3 Å². The molecule has 0 spiro atoms. The van der Waals surface area contributed by atoms with Crippen LogP contribution in [0.25, 0.3) is 0 Å². The number of methoxy groups -OCH3 is 1. The molecule has 0 bridgehead atoms. The van der Waals surface area contributed by atoms with Crippen molar-refractivity contribution in [2.45, 2.75) is 13.0 Å². The van der Waals surface area contributed by atoms with Crippen LogP contribution in [-0.4, -0.2) is 45.2 Å². The predicted octanol–water partition coefficient (Wildman–Crippen LogP) is 0.800. The third-order valence-corrected chi connectivity index (χ3v) is 3.82. The lowest BCUT2D eigenvalue weighted by Gasteiger charge is -2.27. The van der Waals surface area contributed by atoms with Gasteiger partial charge in [0.2, 0.25) is 0 Å². The fourth-order valence-corrected chi connectivity index (χ4v) is 2.68. The molecule has 0 atom stereocenters. The van der Waals surface area contributed by atoms with Crippen LogP contribution in [0, 0.1) is 0 Å². The lowest BCUT2D eigenvalue weighted by Crippen LogP contribution is -2.36. The number of aryl methyl sites for hydroxylation is 1. The molecule has 114 valence electrons. The van der Waals surface area contributed by atoms with E-state index in [0.29, 0.717) is 30.8 Å². The fraction of sp³-hybridized carbons (Fsp3) is 0.333. The SMILES string of the molecule is COC(=O)c1nn(C)c2c1CCN(C(=O)c1cccnc1)C2. The maximum absolute atomic E-state index is 12.5. The highest BCUT2D eigenvalue weighted by Crippen LogP contribution is 2.23. The molecule has 0 aliphatic carbocycles. The van der Waals surface area contributed by atoms with Gasteiger partial charge in [0, 0.05) is 31.5 Å². The molecule has 0 N–H and O–H groups in total. The van der Waals surface area contributed by atoms with E-state index in [2.05, 4.69) is 10.1 Å². The van der Waals surface area contributed by atoms with E-state index in [4.69, 9.17) is 4.74 Å². The van der Waals surface area contributed by atoms with Crippen molar-refractivity contribution in [2.75, 3.05) is 13.7 Å². The molecule has 0 saturated heterocycles. The highest BCUT2D eigenvalue weighted by Gasteiger charge is 2.29. The van der Waals surface area contributed by atoms with E-state index in [1.54, 1.807) is 41.2 Å². The summed E-state index contributed by atoms with van der Waals surface area (Å²) in [5.41, 5.74) is 2.63. The van der Waals surface area contributed by atoms with E-state index in [0.717, 1.165) is 11.3 Å². The average molecular weight is 300 g/mol. The van der Waals surface area contributed by atoms with Gasteiger partial charge in [0.1, 0.15) is 0 Å². The van der Waals surface area contributed by atoms with Crippen molar-refractivity contribution < 1.29 is 14.3 Å². The summed E-state index contributed by atoms with van der Waals surface area (Å²) >= 11 is 0. The number of carbonyl (C=O) groups excluding carboxylic acids is 2. The number of nitrogens with zero attached hydrogens (tertiary/aromatic N) is 4. The van der Waals surface area contributed by atoms with Gasteiger partial charge < -0.3 is 9.64 Å². The minimum atomic E-state index is -0.441. The first kappa shape index (κ1) is 14.2. The fourth-order valence-electron chi connectivity index (χ4n) is 2.68. The first-order valence-corrected chi connectivity index (χ1v) is 6.94. The third-order valence-electron chi connectivity index (χ3n) is 3.82. The molecular weight excluding hydrogens is 284 g/mol. The van der Waals surface area contributed by atoms with E-state index in [-0.39, 0.29) is 5.91 Å². The molecule has 1 aliphatic heterocycles. The smallest absolute Gasteiger partial charge is 0.358 e. The van der Waals surface area contributed by atoms with Gasteiger partial charge in [-0.3, -0.25) is 14.5 Å². The maximum atomic E-state index is 12.5. The number of hydrogen-bond donors (Lipinski definition) is 0. The number of ether oxygens (including phenoxy) is 1. The Morgan fingerprint density at radius 2 is 2.18 bits per heavy atom. The largest absolute Gasteiger partial charge is 0.464 e. The van der Waals surface area contributed by atoms with Crippen LogP contribution in [-0.2, 0) is 24.8 Å². The van der Waals surface area contributed by atoms with Crippen LogP contribution in [0.3, 0.4) is 0 Å². The minimum absolute atomic E-state index is 0.0698. The summed E-state index contributed by atoms with van der Waals surface area (Å²) < 4.78 is 6.40. The standard InChI is InChI=1S/C15H16N4O3/c1-18-12-9-19(14(20)10-4-3-6-16-8-10)7-5-11(12)13(17-18)15(21)22-2/h3-4,6,8H,5,7,9H2,1-2H3. The number of hydrogen-bond acceptors (Lipinski definition) is 5. The van der Waals surface area contributed by atoms with E-state index >= 15 is 0 Å². The number of amides is 1. The quantitative estimate of drug-likeness (QED) is 0.767. The number of aromatic nitrogens is 3. The Kier molecular flexibility index (Phi) is 3.62. The van der Waals surface area contributed by atoms with Crippen LogP contribution in [0.2, 0.25) is 0 Å². The molecule has 1 amide bonds. The monoisotopic (exact) mass is 300 g/mol. The van der Waals surface area contributed by atoms with E-state index in [1.165, 1.54) is 7.11 Å². The minimum Gasteiger partial charge on any atom is -0.464 e. The van der Waals surface area contributed by atoms with Gasteiger partial charge in [-0.15, -0.1) is 0 Å². The summed E-state index contributed by atoms with van der Waals surface area (Å²) in [6.45, 7) is 0.958. The zero-order valence-electron chi connectivity index (χ0n) is 12.4. The first-order valence-electron chi connectivity index (χ1n) is 6.94. The average Bonchev–Trinajstić information content (AvgIpc) is 2.90. The number of pyridine rings is 1.